The number of ether oxygens (including phenoxy) is 2. The Kier molecular flexibility index (Phi) is 7.05. The quantitative estimate of drug-likeness (QED) is 0.523. The van der Waals surface area contributed by atoms with Crippen molar-refractivity contribution in [1.82, 2.24) is 20.9 Å². The van der Waals surface area contributed by atoms with Crippen LogP contribution in [0.15, 0.2) is 65.2 Å². The van der Waals surface area contributed by atoms with Crippen molar-refractivity contribution in [1.29, 1.82) is 0 Å². The smallest absolute Gasteiger partial charge is 0.326 e. The van der Waals surface area contributed by atoms with Gasteiger partial charge in [-0.1, -0.05) is 30.0 Å². The van der Waals surface area contributed by atoms with Crippen LogP contribution in [0.3, 0.4) is 0 Å². The molecule has 9 nitrogen and oxygen atoms in total. The van der Waals surface area contributed by atoms with Gasteiger partial charge in [0.05, 0.1) is 22.4 Å². The van der Waals surface area contributed by atoms with Crippen molar-refractivity contribution < 1.29 is 19.1 Å². The van der Waals surface area contributed by atoms with E-state index in [4.69, 9.17) is 9.47 Å². The Morgan fingerprint density at radius 1 is 1.08 bits per heavy atom. The maximum Gasteiger partial charge on any atom is 0.326 e. The van der Waals surface area contributed by atoms with Crippen molar-refractivity contribution in [3.05, 3.63) is 65.2 Å². The lowest BCUT2D eigenvalue weighted by molar-refractivity contribution is -0.118. The minimum atomic E-state index is -0.205. The highest BCUT2D eigenvalue weighted by Gasteiger charge is 2.51. The van der Waals surface area contributed by atoms with Gasteiger partial charge in [-0.25, -0.2) is 4.79 Å². The average Bonchev–Trinajstić information content (AvgIpc) is 3.29. The summed E-state index contributed by atoms with van der Waals surface area (Å²) in [5.41, 5.74) is 1.55. The Labute approximate surface area is 226 Å². The third-order valence-electron chi connectivity index (χ3n) is 7.70. The summed E-state index contributed by atoms with van der Waals surface area (Å²) in [5, 5.41) is 9.89. The Morgan fingerprint density at radius 3 is 2.61 bits per heavy atom. The molecule has 4 aliphatic rings. The molecule has 0 bridgehead atoms. The van der Waals surface area contributed by atoms with E-state index < -0.39 is 0 Å². The number of nitrogens with zero attached hydrogens (tertiary/aromatic N) is 2. The van der Waals surface area contributed by atoms with E-state index in [1.165, 1.54) is 11.8 Å². The number of amides is 3. The standard InChI is InChI=1S/C28H33N5O4S/c1-32-15-17(14-21(16-32)36-2)30-26(34)25-24-23-22(12-13-29-27(23)38-25)33(28(35)31-24)18-8-10-20(11-9-18)37-19-6-4-3-5-7-19/h3-11,17,21-23,27,29H,12-16H2,1-2H3,(H,30,34)(H,31,35)/t17-,21-,22?,23?,27?/m1/s1. The second-order valence-electron chi connectivity index (χ2n) is 10.3. The maximum absolute atomic E-state index is 13.5. The van der Waals surface area contributed by atoms with Gasteiger partial charge in [-0.05, 0) is 62.8 Å². The van der Waals surface area contributed by atoms with Crippen molar-refractivity contribution in [2.24, 2.45) is 5.92 Å². The number of carbonyl (C=O) groups excluding carboxylic acids is 2. The number of hydrogen-bond donors (Lipinski definition) is 3. The van der Waals surface area contributed by atoms with Gasteiger partial charge in [0.15, 0.2) is 0 Å². The fourth-order valence-corrected chi connectivity index (χ4v) is 7.41. The summed E-state index contributed by atoms with van der Waals surface area (Å²) in [4.78, 5) is 31.5. The predicted molar refractivity (Wildman–Crippen MR) is 147 cm³/mol. The van der Waals surface area contributed by atoms with Crippen LogP contribution in [0.1, 0.15) is 12.8 Å². The molecule has 0 radical (unpaired) electrons. The van der Waals surface area contributed by atoms with Crippen LogP contribution in [0, 0.1) is 5.92 Å². The number of para-hydroxylation sites is 1. The molecule has 2 aromatic carbocycles. The molecule has 5 atom stereocenters. The number of anilines is 1. The zero-order chi connectivity index (χ0) is 26.2. The first-order valence-corrected chi connectivity index (χ1v) is 14.0. The first-order valence-electron chi connectivity index (χ1n) is 13.1. The molecule has 0 saturated carbocycles. The molecule has 2 aromatic rings. The number of carbonyl (C=O) groups is 2. The van der Waals surface area contributed by atoms with Crippen LogP contribution in [0.4, 0.5) is 10.5 Å². The summed E-state index contributed by atoms with van der Waals surface area (Å²) < 4.78 is 11.5. The summed E-state index contributed by atoms with van der Waals surface area (Å²) in [5.74, 6) is 1.36. The molecule has 0 aromatic heterocycles. The van der Waals surface area contributed by atoms with Crippen LogP contribution in [0.2, 0.25) is 0 Å². The van der Waals surface area contributed by atoms with Crippen molar-refractivity contribution in [2.75, 3.05) is 38.7 Å². The summed E-state index contributed by atoms with van der Waals surface area (Å²) >= 11 is 1.53. The summed E-state index contributed by atoms with van der Waals surface area (Å²) in [7, 11) is 3.75. The lowest BCUT2D eigenvalue weighted by Gasteiger charge is -2.45. The fourth-order valence-electron chi connectivity index (χ4n) is 6.01. The Hall–Kier alpha value is -3.05. The molecule has 3 amide bonds. The molecule has 4 aliphatic heterocycles. The monoisotopic (exact) mass is 535 g/mol. The number of methoxy groups -OCH3 is 1. The number of nitrogens with one attached hydrogen (secondary N) is 3. The molecule has 3 N–H and O–H groups in total. The van der Waals surface area contributed by atoms with E-state index in [2.05, 4.69) is 20.9 Å². The number of hydrogen-bond acceptors (Lipinski definition) is 7. The second kappa shape index (κ2) is 10.6. The molecule has 6 rings (SSSR count). The highest BCUT2D eigenvalue weighted by molar-refractivity contribution is 8.04. The number of urea groups is 1. The largest absolute Gasteiger partial charge is 0.457 e. The number of likely N-dealkylation sites (tertiary alicyclic amines) is 1. The van der Waals surface area contributed by atoms with Gasteiger partial charge in [0.25, 0.3) is 5.91 Å². The van der Waals surface area contributed by atoms with Crippen LogP contribution in [0.5, 0.6) is 11.5 Å². The van der Waals surface area contributed by atoms with Crippen LogP contribution in [-0.2, 0) is 9.53 Å². The fraction of sp³-hybridized carbons (Fsp3) is 0.429. The van der Waals surface area contributed by atoms with E-state index in [1.807, 2.05) is 66.5 Å². The number of rotatable bonds is 6. The Bertz CT molecular complexity index is 1220. The topological polar surface area (TPSA) is 95.2 Å². The van der Waals surface area contributed by atoms with Crippen molar-refractivity contribution in [3.63, 3.8) is 0 Å². The Balaban J connectivity index is 1.20. The third kappa shape index (κ3) is 4.89. The minimum Gasteiger partial charge on any atom is -0.457 e. The van der Waals surface area contributed by atoms with Gasteiger partial charge in [0.1, 0.15) is 11.5 Å². The highest BCUT2D eigenvalue weighted by atomic mass is 32.2. The number of likely N-dealkylation sites (N-methyl/N-ethyl adjacent to an activating group) is 1. The van der Waals surface area contributed by atoms with E-state index in [0.717, 1.165) is 49.6 Å². The number of benzene rings is 2. The molecular formula is C28H33N5O4S. The first kappa shape index (κ1) is 25.2. The van der Waals surface area contributed by atoms with Gasteiger partial charge in [0.2, 0.25) is 0 Å². The molecule has 3 unspecified atom stereocenters. The van der Waals surface area contributed by atoms with Gasteiger partial charge in [0, 0.05) is 43.5 Å². The SMILES string of the molecule is CO[C@@H]1C[C@@H](NC(=O)C2=C3NC(=O)N(c4ccc(Oc5ccccc5)cc4)C4CCNC(S2)C34)CN(C)C1. The minimum absolute atomic E-state index is 0.00121. The van der Waals surface area contributed by atoms with Crippen LogP contribution in [0.25, 0.3) is 0 Å². The summed E-state index contributed by atoms with van der Waals surface area (Å²) in [6.07, 6.45) is 1.67. The van der Waals surface area contributed by atoms with Gasteiger partial charge < -0.3 is 30.3 Å². The van der Waals surface area contributed by atoms with Gasteiger partial charge in [-0.15, -0.1) is 0 Å². The van der Waals surface area contributed by atoms with Gasteiger partial charge >= 0.3 is 6.03 Å². The van der Waals surface area contributed by atoms with E-state index in [-0.39, 0.29) is 41.4 Å². The predicted octanol–water partition coefficient (Wildman–Crippen LogP) is 3.11. The Morgan fingerprint density at radius 2 is 1.84 bits per heavy atom. The molecule has 0 spiro atoms. The number of thioether (sulfide) groups is 1. The normalized spacial score (nSPS) is 29.1. The summed E-state index contributed by atoms with van der Waals surface area (Å²) in [6, 6.07) is 17.0. The van der Waals surface area contributed by atoms with Crippen molar-refractivity contribution in [3.8, 4) is 11.5 Å². The van der Waals surface area contributed by atoms with E-state index in [0.29, 0.717) is 10.7 Å². The lowest BCUT2D eigenvalue weighted by atomic mass is 9.86. The molecule has 3 fully saturated rings. The van der Waals surface area contributed by atoms with Gasteiger partial charge in [-0.3, -0.25) is 9.69 Å². The van der Waals surface area contributed by atoms with E-state index in [9.17, 15) is 9.59 Å². The molecular weight excluding hydrogens is 502 g/mol. The maximum atomic E-state index is 13.5. The van der Waals surface area contributed by atoms with Gasteiger partial charge in [-0.2, -0.15) is 0 Å². The zero-order valence-electron chi connectivity index (χ0n) is 21.6. The second-order valence-corrected chi connectivity index (χ2v) is 11.5. The highest BCUT2D eigenvalue weighted by Crippen LogP contribution is 2.48. The van der Waals surface area contributed by atoms with Crippen molar-refractivity contribution >= 4 is 29.4 Å². The summed E-state index contributed by atoms with van der Waals surface area (Å²) in [6.45, 7) is 2.41. The van der Waals surface area contributed by atoms with Crippen LogP contribution in [-0.4, -0.2) is 74.2 Å². The molecule has 200 valence electrons. The van der Waals surface area contributed by atoms with E-state index >= 15 is 0 Å². The zero-order valence-corrected chi connectivity index (χ0v) is 22.4. The van der Waals surface area contributed by atoms with E-state index in [1.54, 1.807) is 7.11 Å². The number of piperidine rings is 2. The third-order valence-corrected chi connectivity index (χ3v) is 9.06. The molecule has 38 heavy (non-hydrogen) atoms. The van der Waals surface area contributed by atoms with Crippen LogP contribution < -0.4 is 25.6 Å². The molecule has 3 saturated heterocycles. The van der Waals surface area contributed by atoms with Crippen LogP contribution >= 0.6 is 11.8 Å². The molecule has 10 heteroatoms. The first-order chi connectivity index (χ1) is 18.5. The molecule has 0 aliphatic carbocycles. The van der Waals surface area contributed by atoms with Crippen molar-refractivity contribution in [2.45, 2.75) is 36.4 Å². The average molecular weight is 536 g/mol. The molecule has 4 heterocycles. The lowest BCUT2D eigenvalue weighted by Crippen LogP contribution is -2.62.